The second-order valence-electron chi connectivity index (χ2n) is 3.31. The van der Waals surface area contributed by atoms with E-state index >= 15 is 0 Å². The molecule has 6 nitrogen and oxygen atoms in total. The lowest BCUT2D eigenvalue weighted by Gasteiger charge is -2.02. The van der Waals surface area contributed by atoms with E-state index < -0.39 is 0 Å². The van der Waals surface area contributed by atoms with Crippen LogP contribution in [-0.2, 0) is 4.79 Å². The molecule has 17 heavy (non-hydrogen) atoms. The van der Waals surface area contributed by atoms with Crippen LogP contribution in [0.15, 0.2) is 19.0 Å². The van der Waals surface area contributed by atoms with Crippen LogP contribution in [0.1, 0.15) is 12.8 Å². The minimum atomic E-state index is -0.184. The summed E-state index contributed by atoms with van der Waals surface area (Å²) in [5.74, 6) is -0.0282. The van der Waals surface area contributed by atoms with Crippen molar-refractivity contribution >= 4 is 34.6 Å². The fourth-order valence-corrected chi connectivity index (χ4v) is 1.49. The van der Waals surface area contributed by atoms with E-state index in [9.17, 15) is 4.79 Å². The van der Waals surface area contributed by atoms with Crippen LogP contribution >= 0.6 is 11.6 Å². The van der Waals surface area contributed by atoms with Gasteiger partial charge in [-0.3, -0.25) is 10.1 Å². The first-order valence-corrected chi connectivity index (χ1v) is 5.36. The summed E-state index contributed by atoms with van der Waals surface area (Å²) < 4.78 is 0. The van der Waals surface area contributed by atoms with Gasteiger partial charge in [-0.05, 0) is 6.42 Å². The average Bonchev–Trinajstić information content (AvgIpc) is 2.75. The number of allylic oxidation sites excluding steroid dienone is 1. The van der Waals surface area contributed by atoms with Crippen LogP contribution in [0.4, 0.5) is 5.95 Å². The second kappa shape index (κ2) is 4.92. The molecule has 88 valence electrons. The number of fused-ring (bicyclic) bond motifs is 1. The molecule has 0 saturated heterocycles. The van der Waals surface area contributed by atoms with Crippen molar-refractivity contribution in [3.05, 3.63) is 24.1 Å². The van der Waals surface area contributed by atoms with Gasteiger partial charge in [-0.15, -0.1) is 6.58 Å². The molecule has 2 rings (SSSR count). The number of amides is 1. The van der Waals surface area contributed by atoms with Gasteiger partial charge in [-0.2, -0.15) is 9.97 Å². The van der Waals surface area contributed by atoms with Gasteiger partial charge in [0.25, 0.3) is 0 Å². The Morgan fingerprint density at radius 2 is 2.41 bits per heavy atom. The highest BCUT2D eigenvalue weighted by molar-refractivity contribution is 6.33. The van der Waals surface area contributed by atoms with Crippen molar-refractivity contribution in [1.82, 2.24) is 19.9 Å². The van der Waals surface area contributed by atoms with Gasteiger partial charge in [0.2, 0.25) is 11.9 Å². The molecule has 2 N–H and O–H groups in total. The molecule has 7 heteroatoms. The van der Waals surface area contributed by atoms with Crippen LogP contribution in [0.5, 0.6) is 0 Å². The molecule has 0 aliphatic heterocycles. The Hall–Kier alpha value is -1.95. The number of carbonyl (C=O) groups excluding carboxylic acids is 1. The van der Waals surface area contributed by atoms with E-state index in [1.54, 1.807) is 6.08 Å². The quantitative estimate of drug-likeness (QED) is 0.642. The van der Waals surface area contributed by atoms with Crippen LogP contribution in [0.3, 0.4) is 0 Å². The monoisotopic (exact) mass is 251 g/mol. The first-order valence-electron chi connectivity index (χ1n) is 4.98. The molecular weight excluding hydrogens is 242 g/mol. The fraction of sp³-hybridized carbons (Fsp3) is 0.200. The first kappa shape index (κ1) is 11.5. The lowest BCUT2D eigenvalue weighted by atomic mass is 10.3. The van der Waals surface area contributed by atoms with E-state index in [4.69, 9.17) is 11.6 Å². The number of rotatable bonds is 4. The van der Waals surface area contributed by atoms with Gasteiger partial charge in [0, 0.05) is 6.42 Å². The largest absolute Gasteiger partial charge is 0.341 e. The molecule has 0 bridgehead atoms. The number of carbonyl (C=O) groups is 1. The third-order valence-corrected chi connectivity index (χ3v) is 2.34. The number of hydrogen-bond acceptors (Lipinski definition) is 4. The number of imidazole rings is 1. The van der Waals surface area contributed by atoms with Crippen molar-refractivity contribution in [3.63, 3.8) is 0 Å². The minimum Gasteiger partial charge on any atom is -0.341 e. The molecule has 0 radical (unpaired) electrons. The van der Waals surface area contributed by atoms with E-state index in [-0.39, 0.29) is 17.0 Å². The number of aromatic nitrogens is 4. The molecule has 2 aromatic rings. The lowest BCUT2D eigenvalue weighted by molar-refractivity contribution is -0.116. The summed E-state index contributed by atoms with van der Waals surface area (Å²) in [5, 5.41) is 2.78. The van der Waals surface area contributed by atoms with Crippen molar-refractivity contribution < 1.29 is 4.79 Å². The molecule has 0 aromatic carbocycles. The number of aromatic amines is 1. The summed E-state index contributed by atoms with van der Waals surface area (Å²) in [5.41, 5.74) is 0.972. The molecule has 0 fully saturated rings. The second-order valence-corrected chi connectivity index (χ2v) is 3.67. The van der Waals surface area contributed by atoms with Gasteiger partial charge >= 0.3 is 0 Å². The number of halogens is 1. The van der Waals surface area contributed by atoms with E-state index in [2.05, 4.69) is 31.8 Å². The average molecular weight is 252 g/mol. The highest BCUT2D eigenvalue weighted by Crippen LogP contribution is 2.18. The van der Waals surface area contributed by atoms with Gasteiger partial charge in [-0.1, -0.05) is 17.7 Å². The molecular formula is C10H10ClN5O. The van der Waals surface area contributed by atoms with Crippen molar-refractivity contribution in [1.29, 1.82) is 0 Å². The predicted octanol–water partition coefficient (Wildman–Crippen LogP) is 1.91. The maximum atomic E-state index is 11.4. The molecule has 0 aliphatic rings. The van der Waals surface area contributed by atoms with Crippen LogP contribution in [0, 0.1) is 0 Å². The highest BCUT2D eigenvalue weighted by atomic mass is 35.5. The van der Waals surface area contributed by atoms with Gasteiger partial charge in [0.1, 0.15) is 5.52 Å². The van der Waals surface area contributed by atoms with E-state index in [1.807, 2.05) is 0 Å². The molecule has 0 spiro atoms. The number of anilines is 1. The molecule has 2 heterocycles. The fourth-order valence-electron chi connectivity index (χ4n) is 1.27. The minimum absolute atomic E-state index is 0.156. The standard InChI is InChI=1S/C10H10ClN5O/c1-2-3-4-6(17)14-10-15-8(11)7-9(16-10)13-5-12-7/h2,5H,1,3-4H2,(H2,12,13,14,15,16,17). The van der Waals surface area contributed by atoms with Gasteiger partial charge in [0.05, 0.1) is 6.33 Å². The molecule has 1 amide bonds. The van der Waals surface area contributed by atoms with E-state index in [0.717, 1.165) is 0 Å². The summed E-state index contributed by atoms with van der Waals surface area (Å²) in [6.07, 6.45) is 4.08. The molecule has 0 aliphatic carbocycles. The maximum Gasteiger partial charge on any atom is 0.233 e. The van der Waals surface area contributed by atoms with Crippen LogP contribution in [0.2, 0.25) is 5.15 Å². The molecule has 0 atom stereocenters. The SMILES string of the molecule is C=CCCC(=O)Nc1nc(Cl)c2[nH]cnc2n1. The zero-order chi connectivity index (χ0) is 12.3. The third kappa shape index (κ3) is 2.59. The summed E-state index contributed by atoms with van der Waals surface area (Å²) in [7, 11) is 0. The predicted molar refractivity (Wildman–Crippen MR) is 64.8 cm³/mol. The zero-order valence-electron chi connectivity index (χ0n) is 8.90. The van der Waals surface area contributed by atoms with Crippen molar-refractivity contribution in [3.8, 4) is 0 Å². The van der Waals surface area contributed by atoms with Crippen LogP contribution < -0.4 is 5.32 Å². The van der Waals surface area contributed by atoms with E-state index in [1.165, 1.54) is 6.33 Å². The number of nitrogens with zero attached hydrogens (tertiary/aromatic N) is 3. The molecule has 0 saturated carbocycles. The maximum absolute atomic E-state index is 11.4. The lowest BCUT2D eigenvalue weighted by Crippen LogP contribution is -2.13. The molecule has 0 unspecified atom stereocenters. The van der Waals surface area contributed by atoms with Crippen LogP contribution in [0.25, 0.3) is 11.2 Å². The smallest absolute Gasteiger partial charge is 0.233 e. The highest BCUT2D eigenvalue weighted by Gasteiger charge is 2.09. The Morgan fingerprint density at radius 1 is 1.59 bits per heavy atom. The van der Waals surface area contributed by atoms with Crippen LogP contribution in [-0.4, -0.2) is 25.8 Å². The summed E-state index contributed by atoms with van der Waals surface area (Å²) >= 11 is 5.90. The van der Waals surface area contributed by atoms with Crippen molar-refractivity contribution in [2.75, 3.05) is 5.32 Å². The summed E-state index contributed by atoms with van der Waals surface area (Å²) in [4.78, 5) is 26.2. The normalized spacial score (nSPS) is 10.4. The van der Waals surface area contributed by atoms with Gasteiger partial charge < -0.3 is 4.98 Å². The summed E-state index contributed by atoms with van der Waals surface area (Å²) in [6, 6.07) is 0. The molecule has 2 aromatic heterocycles. The Morgan fingerprint density at radius 3 is 3.18 bits per heavy atom. The number of nitrogens with one attached hydrogen (secondary N) is 2. The Labute approximate surface area is 102 Å². The van der Waals surface area contributed by atoms with Gasteiger partial charge in [0.15, 0.2) is 10.8 Å². The summed E-state index contributed by atoms with van der Waals surface area (Å²) in [6.45, 7) is 3.54. The van der Waals surface area contributed by atoms with Crippen molar-refractivity contribution in [2.24, 2.45) is 0 Å². The third-order valence-electron chi connectivity index (χ3n) is 2.07. The first-order chi connectivity index (χ1) is 8.20. The Kier molecular flexibility index (Phi) is 3.34. The zero-order valence-corrected chi connectivity index (χ0v) is 9.66. The number of H-pyrrole nitrogens is 1. The van der Waals surface area contributed by atoms with E-state index in [0.29, 0.717) is 24.0 Å². The van der Waals surface area contributed by atoms with Crippen molar-refractivity contribution in [2.45, 2.75) is 12.8 Å². The van der Waals surface area contributed by atoms with Gasteiger partial charge in [-0.25, -0.2) is 4.98 Å². The Balaban J connectivity index is 2.18. The Bertz CT molecular complexity index is 565. The topological polar surface area (TPSA) is 83.6 Å². The number of hydrogen-bond donors (Lipinski definition) is 2.